The molecule has 152 valence electrons. The molecule has 0 unspecified atom stereocenters. The molecule has 0 aliphatic rings. The third kappa shape index (κ3) is 4.07. The van der Waals surface area contributed by atoms with Crippen molar-refractivity contribution in [3.63, 3.8) is 0 Å². The van der Waals surface area contributed by atoms with E-state index in [-0.39, 0.29) is 0 Å². The van der Waals surface area contributed by atoms with Crippen LogP contribution >= 0.6 is 0 Å². The number of para-hydroxylation sites is 1. The fourth-order valence-corrected chi connectivity index (χ4v) is 3.80. The number of ether oxygens (including phenoxy) is 1. The average Bonchev–Trinajstić information content (AvgIpc) is 3.09. The molecule has 0 aliphatic heterocycles. The van der Waals surface area contributed by atoms with Gasteiger partial charge < -0.3 is 19.7 Å². The van der Waals surface area contributed by atoms with Gasteiger partial charge in [-0.1, -0.05) is 60.7 Å². The molecule has 4 aromatic rings. The lowest BCUT2D eigenvalue weighted by Crippen LogP contribution is -2.17. The fraction of sp³-hybridized carbons (Fsp3) is 0.160. The molecule has 0 bridgehead atoms. The highest BCUT2D eigenvalue weighted by Crippen LogP contribution is 2.28. The van der Waals surface area contributed by atoms with Gasteiger partial charge in [0.25, 0.3) is 0 Å². The first-order chi connectivity index (χ1) is 14.7. The van der Waals surface area contributed by atoms with Gasteiger partial charge in [0.05, 0.1) is 7.11 Å². The van der Waals surface area contributed by atoms with Gasteiger partial charge in [-0.05, 0) is 29.3 Å². The van der Waals surface area contributed by atoms with Gasteiger partial charge in [-0.2, -0.15) is 0 Å². The van der Waals surface area contributed by atoms with Gasteiger partial charge in [0.2, 0.25) is 0 Å². The summed E-state index contributed by atoms with van der Waals surface area (Å²) >= 11 is 0. The molecule has 0 saturated carbocycles. The molecule has 5 heteroatoms. The zero-order chi connectivity index (χ0) is 20.9. The van der Waals surface area contributed by atoms with Crippen molar-refractivity contribution in [1.29, 1.82) is 0 Å². The fourth-order valence-electron chi connectivity index (χ4n) is 3.80. The molecule has 30 heavy (non-hydrogen) atoms. The first-order valence-corrected chi connectivity index (χ1v) is 9.88. The number of hydrogen-bond donors (Lipinski definition) is 2. The number of methoxy groups -OCH3 is 1. The number of carbonyl (C=O) groups is 1. The lowest BCUT2D eigenvalue weighted by molar-refractivity contribution is 0.0684. The molecule has 2 N–H and O–H groups in total. The van der Waals surface area contributed by atoms with E-state index < -0.39 is 5.97 Å². The quantitative estimate of drug-likeness (QED) is 0.451. The SMILES string of the molecule is COc1ccc(Cn2c(C(=O)O)c(CNCc3ccccc3)c3ccccc32)cc1. The van der Waals surface area contributed by atoms with Gasteiger partial charge >= 0.3 is 5.97 Å². The monoisotopic (exact) mass is 400 g/mol. The molecule has 1 aromatic heterocycles. The number of rotatable bonds is 8. The molecule has 0 fully saturated rings. The molecule has 0 atom stereocenters. The van der Waals surface area contributed by atoms with Gasteiger partial charge in [-0.3, -0.25) is 0 Å². The predicted octanol–water partition coefficient (Wildman–Crippen LogP) is 4.69. The summed E-state index contributed by atoms with van der Waals surface area (Å²) in [7, 11) is 1.63. The van der Waals surface area contributed by atoms with Crippen molar-refractivity contribution in [3.05, 3.63) is 101 Å². The van der Waals surface area contributed by atoms with Crippen LogP contribution < -0.4 is 10.1 Å². The van der Waals surface area contributed by atoms with Gasteiger partial charge in [0.1, 0.15) is 11.4 Å². The van der Waals surface area contributed by atoms with Gasteiger partial charge in [0, 0.05) is 36.1 Å². The van der Waals surface area contributed by atoms with E-state index in [0.717, 1.165) is 33.3 Å². The van der Waals surface area contributed by atoms with Gasteiger partial charge in [0.15, 0.2) is 0 Å². The second-order valence-corrected chi connectivity index (χ2v) is 7.17. The largest absolute Gasteiger partial charge is 0.497 e. The minimum atomic E-state index is -0.920. The Kier molecular flexibility index (Phi) is 5.82. The predicted molar refractivity (Wildman–Crippen MR) is 118 cm³/mol. The Labute approximate surface area is 175 Å². The maximum absolute atomic E-state index is 12.3. The lowest BCUT2D eigenvalue weighted by atomic mass is 10.1. The van der Waals surface area contributed by atoms with Crippen LogP contribution in [-0.2, 0) is 19.6 Å². The summed E-state index contributed by atoms with van der Waals surface area (Å²) < 4.78 is 7.12. The van der Waals surface area contributed by atoms with Crippen LogP contribution in [0.3, 0.4) is 0 Å². The Morgan fingerprint density at radius 1 is 0.900 bits per heavy atom. The van der Waals surface area contributed by atoms with Crippen LogP contribution in [0.1, 0.15) is 27.2 Å². The zero-order valence-corrected chi connectivity index (χ0v) is 16.8. The van der Waals surface area contributed by atoms with Crippen LogP contribution in [-0.4, -0.2) is 22.8 Å². The molecule has 0 amide bonds. The number of aromatic carboxylic acids is 1. The highest BCUT2D eigenvalue weighted by atomic mass is 16.5. The minimum absolute atomic E-state index is 0.326. The number of aromatic nitrogens is 1. The van der Waals surface area contributed by atoms with E-state index in [9.17, 15) is 9.90 Å². The van der Waals surface area contributed by atoms with Crippen LogP contribution in [0.25, 0.3) is 10.9 Å². The molecule has 0 aliphatic carbocycles. The zero-order valence-electron chi connectivity index (χ0n) is 16.8. The topological polar surface area (TPSA) is 63.5 Å². The second kappa shape index (κ2) is 8.84. The molecular weight excluding hydrogens is 376 g/mol. The van der Waals surface area contributed by atoms with E-state index >= 15 is 0 Å². The van der Waals surface area contributed by atoms with E-state index in [2.05, 4.69) is 17.4 Å². The Morgan fingerprint density at radius 2 is 1.60 bits per heavy atom. The Bertz CT molecular complexity index is 1150. The summed E-state index contributed by atoms with van der Waals surface area (Å²) in [5, 5.41) is 14.4. The third-order valence-electron chi connectivity index (χ3n) is 5.25. The van der Waals surface area contributed by atoms with Crippen LogP contribution in [0.4, 0.5) is 0 Å². The Morgan fingerprint density at radius 3 is 2.30 bits per heavy atom. The second-order valence-electron chi connectivity index (χ2n) is 7.17. The first-order valence-electron chi connectivity index (χ1n) is 9.88. The van der Waals surface area contributed by atoms with E-state index in [0.29, 0.717) is 25.3 Å². The summed E-state index contributed by atoms with van der Waals surface area (Å²) in [4.78, 5) is 12.3. The van der Waals surface area contributed by atoms with Crippen LogP contribution in [0.5, 0.6) is 5.75 Å². The molecular formula is C25H24N2O3. The molecule has 0 spiro atoms. The first kappa shape index (κ1) is 19.7. The number of benzene rings is 3. The van der Waals surface area contributed by atoms with Crippen molar-refractivity contribution in [3.8, 4) is 5.75 Å². The number of nitrogens with one attached hydrogen (secondary N) is 1. The molecule has 0 saturated heterocycles. The van der Waals surface area contributed by atoms with E-state index in [1.807, 2.05) is 71.3 Å². The number of hydrogen-bond acceptors (Lipinski definition) is 3. The Balaban J connectivity index is 1.68. The summed E-state index contributed by atoms with van der Waals surface area (Å²) in [6.45, 7) is 1.63. The molecule has 4 rings (SSSR count). The van der Waals surface area contributed by atoms with Crippen molar-refractivity contribution < 1.29 is 14.6 Å². The molecule has 1 heterocycles. The molecule has 0 radical (unpaired) electrons. The van der Waals surface area contributed by atoms with E-state index in [1.165, 1.54) is 0 Å². The normalized spacial score (nSPS) is 11.0. The van der Waals surface area contributed by atoms with Crippen molar-refractivity contribution in [1.82, 2.24) is 9.88 Å². The van der Waals surface area contributed by atoms with E-state index in [4.69, 9.17) is 4.74 Å². The molecule has 5 nitrogen and oxygen atoms in total. The lowest BCUT2D eigenvalue weighted by Gasteiger charge is -2.10. The molecule has 3 aromatic carbocycles. The van der Waals surface area contributed by atoms with Crippen molar-refractivity contribution in [2.45, 2.75) is 19.6 Å². The smallest absolute Gasteiger partial charge is 0.352 e. The number of fused-ring (bicyclic) bond motifs is 1. The summed E-state index contributed by atoms with van der Waals surface area (Å²) in [5.74, 6) is -0.142. The standard InChI is InChI=1S/C25H24N2O3/c1-30-20-13-11-19(12-14-20)17-27-23-10-6-5-9-21(23)22(24(27)25(28)29)16-26-15-18-7-3-2-4-8-18/h2-14,26H,15-17H2,1H3,(H,28,29). The maximum Gasteiger partial charge on any atom is 0.352 e. The van der Waals surface area contributed by atoms with Crippen LogP contribution in [0, 0.1) is 0 Å². The van der Waals surface area contributed by atoms with Gasteiger partial charge in [-0.15, -0.1) is 0 Å². The van der Waals surface area contributed by atoms with Crippen LogP contribution in [0.15, 0.2) is 78.9 Å². The number of nitrogens with zero attached hydrogens (tertiary/aromatic N) is 1. The number of carboxylic acid groups (broad SMARTS) is 1. The summed E-state index contributed by atoms with van der Waals surface area (Å²) in [6.07, 6.45) is 0. The minimum Gasteiger partial charge on any atom is -0.497 e. The van der Waals surface area contributed by atoms with E-state index in [1.54, 1.807) is 7.11 Å². The van der Waals surface area contributed by atoms with Crippen molar-refractivity contribution in [2.75, 3.05) is 7.11 Å². The maximum atomic E-state index is 12.3. The Hall–Kier alpha value is -3.57. The van der Waals surface area contributed by atoms with Gasteiger partial charge in [-0.25, -0.2) is 4.79 Å². The summed E-state index contributed by atoms with van der Waals surface area (Å²) in [6, 6.07) is 25.7. The average molecular weight is 400 g/mol. The highest BCUT2D eigenvalue weighted by molar-refractivity contribution is 5.98. The highest BCUT2D eigenvalue weighted by Gasteiger charge is 2.22. The summed E-state index contributed by atoms with van der Waals surface area (Å²) in [5.41, 5.74) is 4.23. The van der Waals surface area contributed by atoms with Crippen LogP contribution in [0.2, 0.25) is 0 Å². The third-order valence-corrected chi connectivity index (χ3v) is 5.25. The van der Waals surface area contributed by atoms with Crippen molar-refractivity contribution >= 4 is 16.9 Å². The van der Waals surface area contributed by atoms with Crippen molar-refractivity contribution in [2.24, 2.45) is 0 Å². The number of carboxylic acids is 1.